The fraction of sp³-hybridized carbons (Fsp3) is 0.846. The van der Waals surface area contributed by atoms with Gasteiger partial charge in [-0.1, -0.05) is 20.8 Å². The summed E-state index contributed by atoms with van der Waals surface area (Å²) in [5, 5.41) is 17.8. The molecule has 0 amide bonds. The maximum atomic E-state index is 10.3. The molecule has 0 aliphatic rings. The number of aromatic nitrogens is 3. The third-order valence-electron chi connectivity index (χ3n) is 2.73. The second kappa shape index (κ2) is 6.85. The lowest BCUT2D eigenvalue weighted by atomic mass is 10.0. The van der Waals surface area contributed by atoms with Gasteiger partial charge < -0.3 is 10.4 Å². The molecule has 0 bridgehead atoms. The van der Waals surface area contributed by atoms with E-state index >= 15 is 0 Å². The van der Waals surface area contributed by atoms with Crippen molar-refractivity contribution in [1.29, 1.82) is 0 Å². The van der Waals surface area contributed by atoms with Crippen LogP contribution >= 0.6 is 0 Å². The van der Waals surface area contributed by atoms with Crippen molar-refractivity contribution in [2.45, 2.75) is 52.7 Å². The van der Waals surface area contributed by atoms with Crippen molar-refractivity contribution in [1.82, 2.24) is 20.1 Å². The molecule has 0 fully saturated rings. The maximum absolute atomic E-state index is 10.3. The van der Waals surface area contributed by atoms with E-state index in [4.69, 9.17) is 0 Å². The van der Waals surface area contributed by atoms with Crippen LogP contribution in [0.15, 0.2) is 6.33 Å². The molecule has 1 rings (SSSR count). The molecular weight excluding hydrogens is 228 g/mol. The Labute approximate surface area is 110 Å². The van der Waals surface area contributed by atoms with Crippen LogP contribution in [0.1, 0.15) is 39.9 Å². The van der Waals surface area contributed by atoms with Crippen molar-refractivity contribution in [2.75, 3.05) is 13.1 Å². The molecule has 18 heavy (non-hydrogen) atoms. The van der Waals surface area contributed by atoms with Gasteiger partial charge in [0.1, 0.15) is 12.2 Å². The van der Waals surface area contributed by atoms with Crippen molar-refractivity contribution in [3.8, 4) is 0 Å². The maximum Gasteiger partial charge on any atom is 0.138 e. The molecule has 1 aromatic rings. The van der Waals surface area contributed by atoms with Gasteiger partial charge in [-0.3, -0.25) is 4.68 Å². The normalized spacial score (nSPS) is 15.0. The first kappa shape index (κ1) is 15.1. The second-order valence-electron chi connectivity index (χ2n) is 5.60. The number of nitrogens with zero attached hydrogens (tertiary/aromatic N) is 3. The van der Waals surface area contributed by atoms with Crippen LogP contribution in [0.4, 0.5) is 0 Å². The van der Waals surface area contributed by atoms with Crippen molar-refractivity contribution in [3.63, 3.8) is 0 Å². The lowest BCUT2D eigenvalue weighted by Crippen LogP contribution is -2.41. The standard InChI is InChI=1S/C13H26N4O/c1-5-6-17-12(15-10-16-17)7-13(4,18)9-14-8-11(2)3/h10-11,14,18H,5-9H2,1-4H3. The lowest BCUT2D eigenvalue weighted by molar-refractivity contribution is 0.0564. The fourth-order valence-corrected chi connectivity index (χ4v) is 1.86. The summed E-state index contributed by atoms with van der Waals surface area (Å²) >= 11 is 0. The van der Waals surface area contributed by atoms with Crippen molar-refractivity contribution < 1.29 is 5.11 Å². The summed E-state index contributed by atoms with van der Waals surface area (Å²) in [7, 11) is 0. The topological polar surface area (TPSA) is 63.0 Å². The van der Waals surface area contributed by atoms with E-state index < -0.39 is 5.60 Å². The summed E-state index contributed by atoms with van der Waals surface area (Å²) in [6, 6.07) is 0. The van der Waals surface area contributed by atoms with E-state index in [0.29, 0.717) is 18.9 Å². The minimum absolute atomic E-state index is 0.526. The quantitative estimate of drug-likeness (QED) is 0.732. The largest absolute Gasteiger partial charge is 0.388 e. The van der Waals surface area contributed by atoms with Gasteiger partial charge in [-0.2, -0.15) is 5.10 Å². The minimum Gasteiger partial charge on any atom is -0.388 e. The predicted molar refractivity (Wildman–Crippen MR) is 72.3 cm³/mol. The SMILES string of the molecule is CCCn1ncnc1CC(C)(O)CNCC(C)C. The number of hydrogen-bond donors (Lipinski definition) is 2. The molecule has 0 aliphatic heterocycles. The Hall–Kier alpha value is -0.940. The molecule has 1 heterocycles. The highest BCUT2D eigenvalue weighted by Gasteiger charge is 2.23. The Bertz CT molecular complexity index is 347. The van der Waals surface area contributed by atoms with E-state index in [9.17, 15) is 5.11 Å². The number of aryl methyl sites for hydroxylation is 1. The Morgan fingerprint density at radius 2 is 2.22 bits per heavy atom. The van der Waals surface area contributed by atoms with Crippen LogP contribution in [-0.4, -0.2) is 38.6 Å². The molecule has 5 heteroatoms. The van der Waals surface area contributed by atoms with Gasteiger partial charge in [0.25, 0.3) is 0 Å². The van der Waals surface area contributed by atoms with Crippen molar-refractivity contribution >= 4 is 0 Å². The lowest BCUT2D eigenvalue weighted by Gasteiger charge is -2.24. The Balaban J connectivity index is 2.50. The molecule has 0 saturated heterocycles. The van der Waals surface area contributed by atoms with Gasteiger partial charge in [-0.15, -0.1) is 0 Å². The Morgan fingerprint density at radius 1 is 1.50 bits per heavy atom. The van der Waals surface area contributed by atoms with Gasteiger partial charge in [-0.05, 0) is 25.8 Å². The van der Waals surface area contributed by atoms with Crippen molar-refractivity contribution in [2.24, 2.45) is 5.92 Å². The third kappa shape index (κ3) is 5.14. The first-order valence-corrected chi connectivity index (χ1v) is 6.74. The van der Waals surface area contributed by atoms with E-state index in [2.05, 4.69) is 36.2 Å². The third-order valence-corrected chi connectivity index (χ3v) is 2.73. The highest BCUT2D eigenvalue weighted by atomic mass is 16.3. The zero-order valence-electron chi connectivity index (χ0n) is 12.0. The summed E-state index contributed by atoms with van der Waals surface area (Å²) in [6.45, 7) is 10.6. The zero-order valence-corrected chi connectivity index (χ0v) is 12.0. The van der Waals surface area contributed by atoms with E-state index in [1.165, 1.54) is 0 Å². The molecule has 5 nitrogen and oxygen atoms in total. The van der Waals surface area contributed by atoms with Gasteiger partial charge in [-0.25, -0.2) is 4.98 Å². The summed E-state index contributed by atoms with van der Waals surface area (Å²) in [4.78, 5) is 4.23. The van der Waals surface area contributed by atoms with Crippen LogP contribution in [0.5, 0.6) is 0 Å². The first-order chi connectivity index (χ1) is 8.44. The molecule has 0 spiro atoms. The number of aliphatic hydroxyl groups is 1. The van der Waals surface area contributed by atoms with Gasteiger partial charge >= 0.3 is 0 Å². The van der Waals surface area contributed by atoms with E-state index in [1.807, 2.05) is 11.6 Å². The molecule has 1 aromatic heterocycles. The molecular formula is C13H26N4O. The summed E-state index contributed by atoms with van der Waals surface area (Å²) in [6.07, 6.45) is 3.10. The summed E-state index contributed by atoms with van der Waals surface area (Å²) < 4.78 is 1.87. The van der Waals surface area contributed by atoms with Crippen LogP contribution in [0.2, 0.25) is 0 Å². The summed E-state index contributed by atoms with van der Waals surface area (Å²) in [5.41, 5.74) is -0.784. The monoisotopic (exact) mass is 254 g/mol. The molecule has 2 N–H and O–H groups in total. The minimum atomic E-state index is -0.784. The average Bonchev–Trinajstić information content (AvgIpc) is 2.64. The second-order valence-corrected chi connectivity index (χ2v) is 5.60. The van der Waals surface area contributed by atoms with Crippen LogP contribution in [-0.2, 0) is 13.0 Å². The van der Waals surface area contributed by atoms with Crippen LogP contribution < -0.4 is 5.32 Å². The molecule has 104 valence electrons. The van der Waals surface area contributed by atoms with Gasteiger partial charge in [0.2, 0.25) is 0 Å². The van der Waals surface area contributed by atoms with E-state index in [-0.39, 0.29) is 0 Å². The van der Waals surface area contributed by atoms with Gasteiger partial charge in [0, 0.05) is 19.5 Å². The van der Waals surface area contributed by atoms with Gasteiger partial charge in [0.15, 0.2) is 0 Å². The number of nitrogens with one attached hydrogen (secondary N) is 1. The average molecular weight is 254 g/mol. The van der Waals surface area contributed by atoms with E-state index in [1.54, 1.807) is 6.33 Å². The van der Waals surface area contributed by atoms with Crippen LogP contribution in [0.25, 0.3) is 0 Å². The number of hydrogen-bond acceptors (Lipinski definition) is 4. The Morgan fingerprint density at radius 3 is 2.83 bits per heavy atom. The molecule has 1 atom stereocenters. The highest BCUT2D eigenvalue weighted by molar-refractivity contribution is 4.93. The Kier molecular flexibility index (Phi) is 5.75. The molecule has 0 aromatic carbocycles. The van der Waals surface area contributed by atoms with Crippen molar-refractivity contribution in [3.05, 3.63) is 12.2 Å². The van der Waals surface area contributed by atoms with E-state index in [0.717, 1.165) is 25.3 Å². The highest BCUT2D eigenvalue weighted by Crippen LogP contribution is 2.10. The number of rotatable bonds is 8. The smallest absolute Gasteiger partial charge is 0.138 e. The van der Waals surface area contributed by atoms with Crippen LogP contribution in [0, 0.1) is 5.92 Å². The van der Waals surface area contributed by atoms with Crippen LogP contribution in [0.3, 0.4) is 0 Å². The molecule has 0 radical (unpaired) electrons. The molecule has 1 unspecified atom stereocenters. The molecule has 0 aliphatic carbocycles. The summed E-state index contributed by atoms with van der Waals surface area (Å²) in [5.74, 6) is 1.44. The zero-order chi connectivity index (χ0) is 13.6. The molecule has 0 saturated carbocycles. The predicted octanol–water partition coefficient (Wildman–Crippen LogP) is 1.23. The first-order valence-electron chi connectivity index (χ1n) is 6.74. The van der Waals surface area contributed by atoms with Gasteiger partial charge in [0.05, 0.1) is 5.60 Å². The fourth-order valence-electron chi connectivity index (χ4n) is 1.86.